The van der Waals surface area contributed by atoms with E-state index in [0.29, 0.717) is 28.4 Å². The summed E-state index contributed by atoms with van der Waals surface area (Å²) >= 11 is 0. The minimum absolute atomic E-state index is 0.302. The summed E-state index contributed by atoms with van der Waals surface area (Å²) in [5, 5.41) is 0. The molecule has 0 aliphatic heterocycles. The molecule has 0 spiro atoms. The van der Waals surface area contributed by atoms with Crippen LogP contribution in [0.3, 0.4) is 0 Å². The highest BCUT2D eigenvalue weighted by Crippen LogP contribution is 2.25. The number of aromatic nitrogens is 4. The first-order chi connectivity index (χ1) is 9.66. The lowest BCUT2D eigenvalue weighted by atomic mass is 10.2. The summed E-state index contributed by atoms with van der Waals surface area (Å²) < 4.78 is 1.32. The van der Waals surface area contributed by atoms with E-state index in [2.05, 4.69) is 15.0 Å². The second-order valence-electron chi connectivity index (χ2n) is 4.09. The lowest BCUT2D eigenvalue weighted by Crippen LogP contribution is -2.17. The molecule has 0 unspecified atom stereocenters. The maximum atomic E-state index is 11.3. The van der Waals surface area contributed by atoms with Crippen molar-refractivity contribution in [1.29, 1.82) is 0 Å². The topological polar surface area (TPSA) is 95.9 Å². The molecule has 0 saturated carbocycles. The Bertz CT molecular complexity index is 796. The van der Waals surface area contributed by atoms with Crippen molar-refractivity contribution in [2.45, 2.75) is 6.92 Å². The number of anilines is 1. The summed E-state index contributed by atoms with van der Waals surface area (Å²) in [6.45, 7) is 1.32. The second kappa shape index (κ2) is 4.61. The van der Waals surface area contributed by atoms with Crippen molar-refractivity contribution in [2.75, 3.05) is 5.73 Å². The minimum atomic E-state index is -0.461. The van der Waals surface area contributed by atoms with Crippen LogP contribution in [-0.2, 0) is 4.79 Å². The summed E-state index contributed by atoms with van der Waals surface area (Å²) in [5.41, 5.74) is 7.47. The molecule has 2 N–H and O–H groups in total. The molecule has 3 aromatic rings. The van der Waals surface area contributed by atoms with Gasteiger partial charge in [0.05, 0.1) is 5.56 Å². The summed E-state index contributed by atoms with van der Waals surface area (Å²) in [6, 6.07) is 6.98. The van der Waals surface area contributed by atoms with Crippen molar-refractivity contribution in [3.63, 3.8) is 0 Å². The van der Waals surface area contributed by atoms with Gasteiger partial charge in [-0.05, 0) is 24.3 Å². The van der Waals surface area contributed by atoms with Crippen LogP contribution in [0, 0.1) is 0 Å². The molecule has 0 saturated heterocycles. The fourth-order valence-corrected chi connectivity index (χ4v) is 1.89. The number of fused-ring (bicyclic) bond motifs is 1. The monoisotopic (exact) mass is 269 g/mol. The summed E-state index contributed by atoms with van der Waals surface area (Å²) in [7, 11) is 0. The number of rotatable bonds is 2. The zero-order valence-electron chi connectivity index (χ0n) is 10.6. The van der Waals surface area contributed by atoms with Gasteiger partial charge in [-0.2, -0.15) is 4.73 Å². The Labute approximate surface area is 114 Å². The van der Waals surface area contributed by atoms with Crippen LogP contribution in [0.15, 0.2) is 36.7 Å². The fourth-order valence-electron chi connectivity index (χ4n) is 1.89. The smallest absolute Gasteiger partial charge is 0.329 e. The summed E-state index contributed by atoms with van der Waals surface area (Å²) in [5.74, 6) is 0.229. The van der Waals surface area contributed by atoms with Gasteiger partial charge >= 0.3 is 5.97 Å². The first-order valence-corrected chi connectivity index (χ1v) is 5.90. The Kier molecular flexibility index (Phi) is 2.79. The van der Waals surface area contributed by atoms with Gasteiger partial charge in [0.1, 0.15) is 11.3 Å². The molecule has 0 aliphatic carbocycles. The number of carbonyl (C=O) groups excluding carboxylic acids is 1. The van der Waals surface area contributed by atoms with Crippen LogP contribution in [0.5, 0.6) is 0 Å². The molecule has 20 heavy (non-hydrogen) atoms. The van der Waals surface area contributed by atoms with E-state index in [1.807, 2.05) is 0 Å². The molecule has 3 heterocycles. The first-order valence-electron chi connectivity index (χ1n) is 5.90. The van der Waals surface area contributed by atoms with Gasteiger partial charge in [-0.25, -0.2) is 19.7 Å². The van der Waals surface area contributed by atoms with Crippen molar-refractivity contribution in [3.05, 3.63) is 36.7 Å². The minimum Gasteiger partial charge on any atom is -0.383 e. The van der Waals surface area contributed by atoms with E-state index >= 15 is 0 Å². The average Bonchev–Trinajstić information content (AvgIpc) is 2.78. The van der Waals surface area contributed by atoms with Crippen LogP contribution in [-0.4, -0.2) is 25.7 Å². The van der Waals surface area contributed by atoms with Crippen LogP contribution < -0.4 is 10.6 Å². The quantitative estimate of drug-likeness (QED) is 0.747. The fraction of sp³-hybridized carbons (Fsp3) is 0.0769. The van der Waals surface area contributed by atoms with Gasteiger partial charge in [-0.1, -0.05) is 0 Å². The Balaban J connectivity index is 2.29. The molecule has 0 amide bonds. The van der Waals surface area contributed by atoms with Gasteiger partial charge in [0, 0.05) is 19.3 Å². The van der Waals surface area contributed by atoms with Gasteiger partial charge in [-0.3, -0.25) is 0 Å². The van der Waals surface area contributed by atoms with Gasteiger partial charge < -0.3 is 10.6 Å². The van der Waals surface area contributed by atoms with E-state index in [0.717, 1.165) is 0 Å². The third-order valence-electron chi connectivity index (χ3n) is 2.69. The highest BCUT2D eigenvalue weighted by Gasteiger charge is 2.17. The van der Waals surface area contributed by atoms with E-state index in [1.54, 1.807) is 36.7 Å². The Morgan fingerprint density at radius 2 is 2.00 bits per heavy atom. The normalized spacial score (nSPS) is 10.7. The van der Waals surface area contributed by atoms with Crippen LogP contribution in [0.25, 0.3) is 22.6 Å². The number of nitrogens with zero attached hydrogens (tertiary/aromatic N) is 4. The maximum Gasteiger partial charge on any atom is 0.329 e. The van der Waals surface area contributed by atoms with E-state index in [-0.39, 0.29) is 0 Å². The number of hydrogen-bond acceptors (Lipinski definition) is 6. The number of nitrogen functional groups attached to an aromatic ring is 1. The van der Waals surface area contributed by atoms with Crippen molar-refractivity contribution in [2.24, 2.45) is 0 Å². The molecular formula is C13H11N5O2. The molecule has 3 aromatic heterocycles. The van der Waals surface area contributed by atoms with Gasteiger partial charge in [-0.15, -0.1) is 0 Å². The molecular weight excluding hydrogens is 258 g/mol. The molecule has 0 atom stereocenters. The highest BCUT2D eigenvalue weighted by atomic mass is 16.7. The summed E-state index contributed by atoms with van der Waals surface area (Å²) in [6.07, 6.45) is 3.19. The Hall–Kier alpha value is -2.96. The second-order valence-corrected chi connectivity index (χ2v) is 4.09. The average molecular weight is 269 g/mol. The molecule has 7 nitrogen and oxygen atoms in total. The summed E-state index contributed by atoms with van der Waals surface area (Å²) in [4.78, 5) is 29.0. The third kappa shape index (κ3) is 1.95. The van der Waals surface area contributed by atoms with Gasteiger partial charge in [0.25, 0.3) is 0 Å². The number of nitrogens with two attached hydrogens (primary N) is 1. The molecule has 100 valence electrons. The van der Waals surface area contributed by atoms with Gasteiger partial charge in [0.15, 0.2) is 11.5 Å². The largest absolute Gasteiger partial charge is 0.383 e. The van der Waals surface area contributed by atoms with Gasteiger partial charge in [0.2, 0.25) is 0 Å². The SMILES string of the molecule is CC(=O)On1c(-c2cccnc2N)nc2ncccc21. The van der Waals surface area contributed by atoms with Crippen molar-refractivity contribution in [1.82, 2.24) is 19.7 Å². The van der Waals surface area contributed by atoms with Crippen LogP contribution >= 0.6 is 0 Å². The maximum absolute atomic E-state index is 11.3. The molecule has 0 aliphatic rings. The number of hydrogen-bond donors (Lipinski definition) is 1. The van der Waals surface area contributed by atoms with Crippen molar-refractivity contribution in [3.8, 4) is 11.4 Å². The third-order valence-corrected chi connectivity index (χ3v) is 2.69. The molecule has 3 rings (SSSR count). The number of carbonyl (C=O) groups is 1. The number of imidazole rings is 1. The molecule has 0 fully saturated rings. The predicted octanol–water partition coefficient (Wildman–Crippen LogP) is 1.05. The van der Waals surface area contributed by atoms with E-state index in [4.69, 9.17) is 10.6 Å². The number of pyridine rings is 2. The standard InChI is InChI=1S/C13H11N5O2/c1-8(19)20-18-10-5-3-7-16-12(10)17-13(18)9-4-2-6-15-11(9)14/h2-7H,1H3,(H2,14,15). The first kappa shape index (κ1) is 12.1. The Morgan fingerprint density at radius 1 is 1.25 bits per heavy atom. The van der Waals surface area contributed by atoms with E-state index in [9.17, 15) is 4.79 Å². The van der Waals surface area contributed by atoms with E-state index in [1.165, 1.54) is 11.7 Å². The molecule has 0 aromatic carbocycles. The van der Waals surface area contributed by atoms with Crippen LogP contribution in [0.1, 0.15) is 6.92 Å². The van der Waals surface area contributed by atoms with Crippen molar-refractivity contribution >= 4 is 23.0 Å². The molecule has 0 radical (unpaired) electrons. The Morgan fingerprint density at radius 3 is 2.75 bits per heavy atom. The van der Waals surface area contributed by atoms with Crippen LogP contribution in [0.4, 0.5) is 5.82 Å². The zero-order valence-corrected chi connectivity index (χ0v) is 10.6. The highest BCUT2D eigenvalue weighted by molar-refractivity contribution is 5.80. The lowest BCUT2D eigenvalue weighted by Gasteiger charge is -2.08. The molecule has 0 bridgehead atoms. The van der Waals surface area contributed by atoms with E-state index < -0.39 is 5.97 Å². The van der Waals surface area contributed by atoms with Crippen molar-refractivity contribution < 1.29 is 9.63 Å². The zero-order chi connectivity index (χ0) is 14.1. The predicted molar refractivity (Wildman–Crippen MR) is 72.4 cm³/mol. The van der Waals surface area contributed by atoms with Crippen LogP contribution in [0.2, 0.25) is 0 Å². The lowest BCUT2D eigenvalue weighted by molar-refractivity contribution is -0.140. The molecule has 7 heteroatoms.